The van der Waals surface area contributed by atoms with E-state index in [1.54, 1.807) is 0 Å². The maximum absolute atomic E-state index is 12.0. The lowest BCUT2D eigenvalue weighted by Gasteiger charge is -2.28. The van der Waals surface area contributed by atoms with Gasteiger partial charge in [0.05, 0.1) is 24.0 Å². The Balaban J connectivity index is 4.91. The number of Topliss-reactive ketones (excluding diaryl/α,β-unsaturated/α-hetero) is 4. The van der Waals surface area contributed by atoms with Crippen LogP contribution < -0.4 is 0 Å². The number of ketones is 4. The molecule has 2 unspecified atom stereocenters. The third-order valence-electron chi connectivity index (χ3n) is 4.70. The Kier molecular flexibility index (Phi) is 10.2. The van der Waals surface area contributed by atoms with Gasteiger partial charge >= 0.3 is 11.9 Å². The molecule has 2 atom stereocenters. The molecule has 0 aliphatic carbocycles. The summed E-state index contributed by atoms with van der Waals surface area (Å²) in [4.78, 5) is 78.2. The molecule has 0 saturated carbocycles. The number of aliphatic hydroxyl groups is 2. The van der Waals surface area contributed by atoms with Gasteiger partial charge in [-0.25, -0.2) is 19.4 Å². The fourth-order valence-electron chi connectivity index (χ4n) is 2.44. The fraction of sp³-hybridized carbons (Fsp3) is 0.700. The van der Waals surface area contributed by atoms with Crippen LogP contribution in [0.2, 0.25) is 0 Å². The summed E-state index contributed by atoms with van der Waals surface area (Å²) in [7, 11) is 0. The zero-order valence-electron chi connectivity index (χ0n) is 18.1. The van der Waals surface area contributed by atoms with Crippen LogP contribution in [0.5, 0.6) is 0 Å². The van der Waals surface area contributed by atoms with Crippen LogP contribution in [0.1, 0.15) is 67.2 Å². The third kappa shape index (κ3) is 10.4. The Labute approximate surface area is 174 Å². The molecule has 0 aliphatic heterocycles. The average Bonchev–Trinajstić information content (AvgIpc) is 2.56. The minimum absolute atomic E-state index is 0.393. The van der Waals surface area contributed by atoms with Crippen molar-refractivity contribution in [1.82, 2.24) is 0 Å². The highest BCUT2D eigenvalue weighted by Crippen LogP contribution is 2.26. The Morgan fingerprint density at radius 2 is 0.900 bits per heavy atom. The van der Waals surface area contributed by atoms with E-state index in [4.69, 9.17) is 0 Å². The van der Waals surface area contributed by atoms with Crippen LogP contribution in [-0.2, 0) is 38.5 Å². The molecular weight excluding hydrogens is 400 g/mol. The summed E-state index contributed by atoms with van der Waals surface area (Å²) >= 11 is 0. The normalized spacial score (nSPS) is 13.7. The molecule has 0 aromatic rings. The van der Waals surface area contributed by atoms with Crippen molar-refractivity contribution in [3.05, 3.63) is 0 Å². The summed E-state index contributed by atoms with van der Waals surface area (Å²) in [5, 5.41) is 20.2. The molecule has 0 heterocycles. The summed E-state index contributed by atoms with van der Waals surface area (Å²) < 4.78 is 0. The SMILES string of the molecule is CC(=O)C(=O)CC(CC(=O)OOC(=O)CC(CC(=O)C(C)=O)C(C)(C)O)C(C)(C)O. The zero-order valence-corrected chi connectivity index (χ0v) is 18.1. The number of rotatable bonds is 12. The van der Waals surface area contributed by atoms with Crippen LogP contribution in [-0.4, -0.2) is 56.5 Å². The minimum Gasteiger partial charge on any atom is -0.390 e. The topological polar surface area (TPSA) is 161 Å². The predicted molar refractivity (Wildman–Crippen MR) is 102 cm³/mol. The van der Waals surface area contributed by atoms with Gasteiger partial charge in [-0.2, -0.15) is 0 Å². The lowest BCUT2D eigenvalue weighted by molar-refractivity contribution is -0.261. The van der Waals surface area contributed by atoms with Gasteiger partial charge in [0.1, 0.15) is 0 Å². The third-order valence-corrected chi connectivity index (χ3v) is 4.70. The minimum atomic E-state index is -1.49. The molecule has 0 aliphatic rings. The first kappa shape index (κ1) is 27.5. The van der Waals surface area contributed by atoms with Crippen LogP contribution in [0.15, 0.2) is 0 Å². The first-order valence-corrected chi connectivity index (χ1v) is 9.37. The van der Waals surface area contributed by atoms with Crippen LogP contribution in [0.4, 0.5) is 0 Å². The molecule has 10 nitrogen and oxygen atoms in total. The molecule has 0 aromatic heterocycles. The molecule has 0 amide bonds. The highest BCUT2D eigenvalue weighted by molar-refractivity contribution is 6.36. The van der Waals surface area contributed by atoms with E-state index in [0.717, 1.165) is 13.8 Å². The largest absolute Gasteiger partial charge is 0.390 e. The zero-order chi connectivity index (χ0) is 23.9. The second-order valence-corrected chi connectivity index (χ2v) is 8.39. The van der Waals surface area contributed by atoms with E-state index in [9.17, 15) is 39.0 Å². The monoisotopic (exact) mass is 430 g/mol. The smallest absolute Gasteiger partial charge is 0.355 e. The van der Waals surface area contributed by atoms with Gasteiger partial charge in [0, 0.05) is 38.5 Å². The van der Waals surface area contributed by atoms with Crippen molar-refractivity contribution in [2.75, 3.05) is 0 Å². The summed E-state index contributed by atoms with van der Waals surface area (Å²) in [6.07, 6.45) is -1.80. The number of carbonyl (C=O) groups excluding carboxylic acids is 6. The molecule has 170 valence electrons. The molecule has 2 N–H and O–H groups in total. The molecule has 0 saturated heterocycles. The van der Waals surface area contributed by atoms with Gasteiger partial charge in [-0.05, 0) is 27.7 Å². The highest BCUT2D eigenvalue weighted by atomic mass is 17.2. The second-order valence-electron chi connectivity index (χ2n) is 8.39. The van der Waals surface area contributed by atoms with E-state index < -0.39 is 83.8 Å². The summed E-state index contributed by atoms with van der Waals surface area (Å²) in [5.74, 6) is -7.03. The molecular formula is C20H30O10. The quantitative estimate of drug-likeness (QED) is 0.255. The van der Waals surface area contributed by atoms with Gasteiger partial charge in [-0.3, -0.25) is 19.2 Å². The van der Waals surface area contributed by atoms with Crippen LogP contribution in [0, 0.1) is 11.8 Å². The van der Waals surface area contributed by atoms with E-state index in [1.165, 1.54) is 27.7 Å². The van der Waals surface area contributed by atoms with Crippen molar-refractivity contribution in [2.45, 2.75) is 78.4 Å². The standard InChI is InChI=1S/C20H30O10/c1-11(21)15(23)7-13(19(3,4)27)9-17(25)29-30-18(26)10-14(20(5,6)28)8-16(24)12(2)22/h13-14,27-28H,7-10H2,1-6H3. The molecule has 30 heavy (non-hydrogen) atoms. The van der Waals surface area contributed by atoms with Crippen molar-refractivity contribution in [1.29, 1.82) is 0 Å². The fourth-order valence-corrected chi connectivity index (χ4v) is 2.44. The maximum atomic E-state index is 12.0. The molecule has 0 fully saturated rings. The summed E-state index contributed by atoms with van der Waals surface area (Å²) in [6.45, 7) is 7.54. The van der Waals surface area contributed by atoms with Crippen molar-refractivity contribution >= 4 is 35.1 Å². The lowest BCUT2D eigenvalue weighted by atomic mass is 9.83. The van der Waals surface area contributed by atoms with Crippen molar-refractivity contribution < 1.29 is 48.8 Å². The maximum Gasteiger partial charge on any atom is 0.355 e. The second kappa shape index (κ2) is 11.1. The van der Waals surface area contributed by atoms with Gasteiger partial charge in [-0.1, -0.05) is 0 Å². The number of hydrogen-bond acceptors (Lipinski definition) is 10. The van der Waals surface area contributed by atoms with E-state index in [1.807, 2.05) is 0 Å². The molecule has 0 bridgehead atoms. The Hall–Kier alpha value is -2.46. The number of carbonyl (C=O) groups is 6. The molecule has 10 heteroatoms. The average molecular weight is 430 g/mol. The van der Waals surface area contributed by atoms with Gasteiger partial charge in [0.25, 0.3) is 0 Å². The molecule has 0 aromatic carbocycles. The van der Waals surface area contributed by atoms with Crippen molar-refractivity contribution in [3.63, 3.8) is 0 Å². The van der Waals surface area contributed by atoms with Crippen LogP contribution in [0.3, 0.4) is 0 Å². The molecule has 0 rings (SSSR count). The first-order valence-electron chi connectivity index (χ1n) is 9.37. The van der Waals surface area contributed by atoms with Crippen LogP contribution >= 0.6 is 0 Å². The Bertz CT molecular complexity index is 633. The summed E-state index contributed by atoms with van der Waals surface area (Å²) in [6, 6.07) is 0. The highest BCUT2D eigenvalue weighted by Gasteiger charge is 2.35. The van der Waals surface area contributed by atoms with E-state index >= 15 is 0 Å². The van der Waals surface area contributed by atoms with Gasteiger partial charge in [-0.15, -0.1) is 0 Å². The predicted octanol–water partition coefficient (Wildman–Crippen LogP) is 0.639. The Morgan fingerprint density at radius 1 is 0.633 bits per heavy atom. The van der Waals surface area contributed by atoms with Crippen molar-refractivity contribution in [2.24, 2.45) is 11.8 Å². The lowest BCUT2D eigenvalue weighted by Crippen LogP contribution is -2.36. The van der Waals surface area contributed by atoms with Gasteiger partial charge in [0.2, 0.25) is 0 Å². The van der Waals surface area contributed by atoms with Gasteiger partial charge in [0.15, 0.2) is 23.1 Å². The number of hydrogen-bond donors (Lipinski definition) is 2. The Morgan fingerprint density at radius 3 is 1.10 bits per heavy atom. The van der Waals surface area contributed by atoms with E-state index in [0.29, 0.717) is 0 Å². The van der Waals surface area contributed by atoms with E-state index in [-0.39, 0.29) is 0 Å². The molecule has 0 radical (unpaired) electrons. The van der Waals surface area contributed by atoms with E-state index in [2.05, 4.69) is 9.78 Å². The van der Waals surface area contributed by atoms with Crippen molar-refractivity contribution in [3.8, 4) is 0 Å². The molecule has 0 spiro atoms. The first-order chi connectivity index (χ1) is 13.4. The van der Waals surface area contributed by atoms with Crippen LogP contribution in [0.25, 0.3) is 0 Å². The summed E-state index contributed by atoms with van der Waals surface area (Å²) in [5.41, 5.74) is -2.99. The van der Waals surface area contributed by atoms with Gasteiger partial charge < -0.3 is 10.2 Å².